The summed E-state index contributed by atoms with van der Waals surface area (Å²) in [6.07, 6.45) is 7.30. The van der Waals surface area contributed by atoms with Gasteiger partial charge in [-0.3, -0.25) is 0 Å². The normalized spacial score (nSPS) is 12.1. The Morgan fingerprint density at radius 1 is 1.18 bits per heavy atom. The molecule has 112 valence electrons. The second-order valence-electron chi connectivity index (χ2n) is 5.02. The average molecular weight is 358 g/mol. The third-order valence-electron chi connectivity index (χ3n) is 3.64. The van der Waals surface area contributed by atoms with Crippen molar-refractivity contribution in [2.75, 3.05) is 11.9 Å². The second-order valence-corrected chi connectivity index (χ2v) is 5.94. The first kappa shape index (κ1) is 14.7. The Kier molecular flexibility index (Phi) is 4.20. The minimum atomic E-state index is 0.168. The lowest BCUT2D eigenvalue weighted by molar-refractivity contribution is 0.722. The summed E-state index contributed by atoms with van der Waals surface area (Å²) >= 11 is 3.48. The van der Waals surface area contributed by atoms with E-state index in [4.69, 9.17) is 0 Å². The molecule has 22 heavy (non-hydrogen) atoms. The van der Waals surface area contributed by atoms with Crippen LogP contribution in [0.25, 0.3) is 5.82 Å². The van der Waals surface area contributed by atoms with Crippen LogP contribution in [-0.4, -0.2) is 26.8 Å². The summed E-state index contributed by atoms with van der Waals surface area (Å²) in [5.74, 6) is 1.72. The number of hydrogen-bond acceptors (Lipinski definition) is 4. The van der Waals surface area contributed by atoms with Gasteiger partial charge in [0.05, 0.1) is 6.04 Å². The smallest absolute Gasteiger partial charge is 0.153 e. The van der Waals surface area contributed by atoms with E-state index in [0.717, 1.165) is 21.7 Å². The highest BCUT2D eigenvalue weighted by atomic mass is 79.9. The van der Waals surface area contributed by atoms with Crippen molar-refractivity contribution < 1.29 is 0 Å². The van der Waals surface area contributed by atoms with Crippen LogP contribution < -0.4 is 4.90 Å². The summed E-state index contributed by atoms with van der Waals surface area (Å²) in [6, 6.07) is 10.0. The summed E-state index contributed by atoms with van der Waals surface area (Å²) < 4.78 is 2.76. The number of pyridine rings is 2. The van der Waals surface area contributed by atoms with E-state index >= 15 is 0 Å². The lowest BCUT2D eigenvalue weighted by Gasteiger charge is -2.26. The monoisotopic (exact) mass is 357 g/mol. The van der Waals surface area contributed by atoms with Crippen molar-refractivity contribution in [2.45, 2.75) is 13.0 Å². The first-order valence-corrected chi connectivity index (χ1v) is 7.75. The summed E-state index contributed by atoms with van der Waals surface area (Å²) in [6.45, 7) is 2.13. The fourth-order valence-corrected chi connectivity index (χ4v) is 2.52. The van der Waals surface area contributed by atoms with E-state index in [1.54, 1.807) is 17.1 Å². The average Bonchev–Trinajstić information content (AvgIpc) is 3.08. The van der Waals surface area contributed by atoms with Crippen molar-refractivity contribution in [3.8, 4) is 5.82 Å². The zero-order valence-electron chi connectivity index (χ0n) is 12.4. The van der Waals surface area contributed by atoms with Crippen LogP contribution in [0, 0.1) is 0 Å². The molecule has 3 aromatic rings. The number of aromatic nitrogens is 4. The molecular weight excluding hydrogens is 342 g/mol. The zero-order valence-corrected chi connectivity index (χ0v) is 14.0. The first-order valence-electron chi connectivity index (χ1n) is 6.95. The van der Waals surface area contributed by atoms with Crippen molar-refractivity contribution in [3.05, 3.63) is 65.2 Å². The van der Waals surface area contributed by atoms with E-state index in [9.17, 15) is 0 Å². The van der Waals surface area contributed by atoms with E-state index in [1.807, 2.05) is 43.7 Å². The first-order chi connectivity index (χ1) is 10.6. The van der Waals surface area contributed by atoms with Crippen LogP contribution in [0.5, 0.6) is 0 Å². The highest BCUT2D eigenvalue weighted by Crippen LogP contribution is 2.25. The predicted molar refractivity (Wildman–Crippen MR) is 90.1 cm³/mol. The molecule has 0 aromatic carbocycles. The van der Waals surface area contributed by atoms with Crippen molar-refractivity contribution in [1.29, 1.82) is 0 Å². The van der Waals surface area contributed by atoms with E-state index in [0.29, 0.717) is 0 Å². The quantitative estimate of drug-likeness (QED) is 0.715. The van der Waals surface area contributed by atoms with Gasteiger partial charge >= 0.3 is 0 Å². The van der Waals surface area contributed by atoms with Crippen molar-refractivity contribution in [1.82, 2.24) is 19.7 Å². The predicted octanol–water partition coefficient (Wildman–Crippen LogP) is 3.62. The minimum absolute atomic E-state index is 0.168. The van der Waals surface area contributed by atoms with Gasteiger partial charge in [-0.2, -0.15) is 5.10 Å². The lowest BCUT2D eigenvalue weighted by Crippen LogP contribution is -2.22. The van der Waals surface area contributed by atoms with Crippen LogP contribution in [0.1, 0.15) is 18.5 Å². The minimum Gasteiger partial charge on any atom is -0.353 e. The molecule has 5 nitrogen and oxygen atoms in total. The van der Waals surface area contributed by atoms with Crippen molar-refractivity contribution in [3.63, 3.8) is 0 Å². The summed E-state index contributed by atoms with van der Waals surface area (Å²) in [4.78, 5) is 11.0. The maximum absolute atomic E-state index is 4.48. The van der Waals surface area contributed by atoms with Crippen molar-refractivity contribution in [2.24, 2.45) is 0 Å². The molecular formula is C16H16BrN5. The SMILES string of the molecule is CC(c1ccc(-n2cccn2)nc1)N(C)c1cc(Br)ccn1. The Labute approximate surface area is 137 Å². The van der Waals surface area contributed by atoms with Crippen LogP contribution in [0.4, 0.5) is 5.82 Å². The van der Waals surface area contributed by atoms with Gasteiger partial charge in [0, 0.05) is 36.3 Å². The molecule has 6 heteroatoms. The summed E-state index contributed by atoms with van der Waals surface area (Å²) in [5, 5.41) is 4.18. The largest absolute Gasteiger partial charge is 0.353 e. The molecule has 3 aromatic heterocycles. The zero-order chi connectivity index (χ0) is 15.5. The van der Waals surface area contributed by atoms with Crippen LogP contribution in [0.2, 0.25) is 0 Å². The molecule has 3 heterocycles. The topological polar surface area (TPSA) is 46.8 Å². The third-order valence-corrected chi connectivity index (χ3v) is 4.14. The van der Waals surface area contributed by atoms with Crippen molar-refractivity contribution >= 4 is 21.7 Å². The van der Waals surface area contributed by atoms with E-state index in [2.05, 4.69) is 48.9 Å². The van der Waals surface area contributed by atoms with Gasteiger partial charge in [-0.1, -0.05) is 22.0 Å². The summed E-state index contributed by atoms with van der Waals surface area (Å²) in [7, 11) is 2.03. The molecule has 1 unspecified atom stereocenters. The van der Waals surface area contributed by atoms with E-state index in [1.165, 1.54) is 0 Å². The van der Waals surface area contributed by atoms with Crippen LogP contribution >= 0.6 is 15.9 Å². The number of hydrogen-bond donors (Lipinski definition) is 0. The van der Waals surface area contributed by atoms with Gasteiger partial charge in [-0.05, 0) is 36.8 Å². The molecule has 0 radical (unpaired) electrons. The molecule has 0 saturated carbocycles. The van der Waals surface area contributed by atoms with Crippen LogP contribution in [-0.2, 0) is 0 Å². The van der Waals surface area contributed by atoms with Gasteiger partial charge in [0.25, 0.3) is 0 Å². The molecule has 0 bridgehead atoms. The van der Waals surface area contributed by atoms with Gasteiger partial charge in [0.15, 0.2) is 5.82 Å². The van der Waals surface area contributed by atoms with E-state index < -0.39 is 0 Å². The standard InChI is InChI=1S/C16H16BrN5/c1-12(21(2)16-10-14(17)6-8-18-16)13-4-5-15(19-11-13)22-9-3-7-20-22/h3-12H,1-2H3. The summed E-state index contributed by atoms with van der Waals surface area (Å²) in [5.41, 5.74) is 1.13. The maximum Gasteiger partial charge on any atom is 0.153 e. The Bertz CT molecular complexity index is 739. The molecule has 0 aliphatic carbocycles. The number of halogens is 1. The molecule has 0 amide bonds. The molecule has 0 aliphatic heterocycles. The number of nitrogens with zero attached hydrogens (tertiary/aromatic N) is 5. The lowest BCUT2D eigenvalue weighted by atomic mass is 10.1. The van der Waals surface area contributed by atoms with Crippen LogP contribution in [0.15, 0.2) is 59.6 Å². The Morgan fingerprint density at radius 2 is 2.05 bits per heavy atom. The molecule has 0 aliphatic rings. The Morgan fingerprint density at radius 3 is 2.68 bits per heavy atom. The maximum atomic E-state index is 4.48. The third kappa shape index (κ3) is 3.01. The Balaban J connectivity index is 1.81. The molecule has 0 fully saturated rings. The number of rotatable bonds is 4. The number of anilines is 1. The van der Waals surface area contributed by atoms with E-state index in [-0.39, 0.29) is 6.04 Å². The fraction of sp³-hybridized carbons (Fsp3) is 0.188. The van der Waals surface area contributed by atoms with Gasteiger partial charge in [0.1, 0.15) is 5.82 Å². The molecule has 0 saturated heterocycles. The van der Waals surface area contributed by atoms with Gasteiger partial charge < -0.3 is 4.90 Å². The highest BCUT2D eigenvalue weighted by molar-refractivity contribution is 9.10. The molecule has 0 spiro atoms. The van der Waals surface area contributed by atoms with Gasteiger partial charge in [0.2, 0.25) is 0 Å². The van der Waals surface area contributed by atoms with Gasteiger partial charge in [-0.25, -0.2) is 14.6 Å². The second kappa shape index (κ2) is 6.27. The molecule has 1 atom stereocenters. The molecule has 3 rings (SSSR count). The van der Waals surface area contributed by atoms with Gasteiger partial charge in [-0.15, -0.1) is 0 Å². The van der Waals surface area contributed by atoms with Crippen LogP contribution in [0.3, 0.4) is 0 Å². The molecule has 0 N–H and O–H groups in total. The Hall–Kier alpha value is -2.21. The highest BCUT2D eigenvalue weighted by Gasteiger charge is 2.14. The fourth-order valence-electron chi connectivity index (χ4n) is 2.19.